The van der Waals surface area contributed by atoms with Gasteiger partial charge >= 0.3 is 0 Å². The Labute approximate surface area is 377 Å². The van der Waals surface area contributed by atoms with Crippen LogP contribution in [0.5, 0.6) is 0 Å². The zero-order valence-corrected chi connectivity index (χ0v) is 35.8. The molecule has 0 N–H and O–H groups in total. The molecule has 0 radical (unpaired) electrons. The average Bonchev–Trinajstić information content (AvgIpc) is 3.76. The van der Waals surface area contributed by atoms with Gasteiger partial charge in [-0.1, -0.05) is 206 Å². The van der Waals surface area contributed by atoms with Crippen molar-refractivity contribution >= 4 is 70.1 Å². The number of thiophene rings is 1. The maximum Gasteiger partial charge on any atom is 0.0540 e. The van der Waals surface area contributed by atoms with E-state index in [1.165, 1.54) is 97.4 Å². The van der Waals surface area contributed by atoms with Crippen LogP contribution in [0.2, 0.25) is 0 Å². The van der Waals surface area contributed by atoms with Crippen molar-refractivity contribution in [1.29, 1.82) is 0 Å². The van der Waals surface area contributed by atoms with Gasteiger partial charge in [-0.3, -0.25) is 0 Å². The van der Waals surface area contributed by atoms with E-state index in [4.69, 9.17) is 0 Å². The van der Waals surface area contributed by atoms with Crippen LogP contribution in [0.4, 0.5) is 17.1 Å². The molecule has 0 aliphatic carbocycles. The lowest BCUT2D eigenvalue weighted by molar-refractivity contribution is 1.28. The van der Waals surface area contributed by atoms with Gasteiger partial charge in [0.25, 0.3) is 0 Å². The number of hydrogen-bond acceptors (Lipinski definition) is 2. The van der Waals surface area contributed by atoms with Crippen LogP contribution in [0.1, 0.15) is 0 Å². The summed E-state index contributed by atoms with van der Waals surface area (Å²) in [5, 5.41) is 7.64. The van der Waals surface area contributed by atoms with E-state index < -0.39 is 0 Å². The summed E-state index contributed by atoms with van der Waals surface area (Å²) >= 11 is 1.88. The highest BCUT2D eigenvalue weighted by molar-refractivity contribution is 7.26. The highest BCUT2D eigenvalue weighted by Gasteiger charge is 2.19. The molecule has 11 aromatic carbocycles. The fourth-order valence-corrected chi connectivity index (χ4v) is 10.8. The first-order valence-electron chi connectivity index (χ1n) is 21.9. The van der Waals surface area contributed by atoms with Crippen molar-refractivity contribution in [1.82, 2.24) is 0 Å². The van der Waals surface area contributed by atoms with E-state index in [9.17, 15) is 0 Å². The SMILES string of the molecule is c1cc(-c2ccc(N(c3ccc(-c4ccc(-c5cccc6ccccc56)cc4)cc3)c3ccccc3-c3cccc4ccccc34)cc2)cc(-c2cccc3c2sc2ccccc23)c1. The molecule has 2 heteroatoms. The second-order valence-electron chi connectivity index (χ2n) is 16.4. The lowest BCUT2D eigenvalue weighted by Crippen LogP contribution is -2.11. The Morgan fingerprint density at radius 3 is 1.44 bits per heavy atom. The molecule has 1 heterocycles. The molecule has 300 valence electrons. The predicted octanol–water partition coefficient (Wildman–Crippen LogP) is 18.2. The molecule has 0 amide bonds. The first-order valence-corrected chi connectivity index (χ1v) is 22.7. The molecule has 0 aliphatic heterocycles. The molecule has 1 nitrogen and oxygen atoms in total. The van der Waals surface area contributed by atoms with Crippen molar-refractivity contribution in [2.24, 2.45) is 0 Å². The van der Waals surface area contributed by atoms with Crippen LogP contribution in [-0.2, 0) is 0 Å². The minimum atomic E-state index is 1.09. The van der Waals surface area contributed by atoms with E-state index >= 15 is 0 Å². The Hall–Kier alpha value is -8.04. The molecule has 0 aliphatic rings. The van der Waals surface area contributed by atoms with E-state index in [0.29, 0.717) is 0 Å². The normalized spacial score (nSPS) is 11.4. The number of para-hydroxylation sites is 1. The third-order valence-electron chi connectivity index (χ3n) is 12.7. The second-order valence-corrected chi connectivity index (χ2v) is 17.5. The topological polar surface area (TPSA) is 3.24 Å². The van der Waals surface area contributed by atoms with Crippen LogP contribution in [-0.4, -0.2) is 0 Å². The third kappa shape index (κ3) is 6.73. The monoisotopic (exact) mass is 831 g/mol. The summed E-state index contributed by atoms with van der Waals surface area (Å²) in [5.41, 5.74) is 15.4. The van der Waals surface area contributed by atoms with Crippen molar-refractivity contribution < 1.29 is 0 Å². The summed E-state index contributed by atoms with van der Waals surface area (Å²) in [6, 6.07) is 90.8. The Balaban J connectivity index is 0.924. The maximum absolute atomic E-state index is 2.41. The third-order valence-corrected chi connectivity index (χ3v) is 13.9. The first-order chi connectivity index (χ1) is 31.7. The Kier molecular flexibility index (Phi) is 9.43. The number of hydrogen-bond donors (Lipinski definition) is 0. The molecular formula is C62H41NS. The standard InChI is InChI=1S/C62H41NS/c1-3-19-52-45(13-1)15-10-23-53(52)47-31-29-42(30-32-47)43-33-37-50(38-34-43)63(60-27-7-5-21-57(60)56-25-11-16-46-14-2-4-20-54(46)56)51-39-35-44(36-40-51)48-17-9-18-49(41-48)55-24-12-26-59-58-22-6-8-28-61(58)64-62(55)59/h1-41H. The van der Waals surface area contributed by atoms with Crippen molar-refractivity contribution in [3.8, 4) is 55.6 Å². The Morgan fingerprint density at radius 1 is 0.266 bits per heavy atom. The van der Waals surface area contributed by atoms with Crippen molar-refractivity contribution in [3.05, 3.63) is 249 Å². The van der Waals surface area contributed by atoms with Crippen LogP contribution in [0.25, 0.3) is 97.4 Å². The van der Waals surface area contributed by atoms with Gasteiger partial charge in [0.1, 0.15) is 0 Å². The molecule has 0 saturated heterocycles. The molecule has 0 spiro atoms. The highest BCUT2D eigenvalue weighted by atomic mass is 32.1. The fraction of sp³-hybridized carbons (Fsp3) is 0. The molecule has 0 unspecified atom stereocenters. The van der Waals surface area contributed by atoms with Gasteiger partial charge in [-0.2, -0.15) is 0 Å². The molecular weight excluding hydrogens is 791 g/mol. The lowest BCUT2D eigenvalue weighted by Gasteiger charge is -2.28. The molecule has 0 saturated carbocycles. The van der Waals surface area contributed by atoms with Crippen LogP contribution >= 0.6 is 11.3 Å². The Bertz CT molecular complexity index is 3640. The first kappa shape index (κ1) is 37.7. The number of fused-ring (bicyclic) bond motifs is 5. The number of benzene rings is 11. The van der Waals surface area contributed by atoms with Gasteiger partial charge in [0.05, 0.1) is 5.69 Å². The van der Waals surface area contributed by atoms with Crippen LogP contribution in [0.15, 0.2) is 249 Å². The fourth-order valence-electron chi connectivity index (χ4n) is 9.55. The Morgan fingerprint density at radius 2 is 0.719 bits per heavy atom. The molecule has 0 atom stereocenters. The largest absolute Gasteiger partial charge is 0.310 e. The summed E-state index contributed by atoms with van der Waals surface area (Å²) in [6.07, 6.45) is 0. The highest BCUT2D eigenvalue weighted by Crippen LogP contribution is 2.45. The second kappa shape index (κ2) is 16.0. The van der Waals surface area contributed by atoms with E-state index in [1.54, 1.807) is 0 Å². The van der Waals surface area contributed by atoms with Gasteiger partial charge in [-0.15, -0.1) is 11.3 Å². The minimum Gasteiger partial charge on any atom is -0.310 e. The summed E-state index contributed by atoms with van der Waals surface area (Å²) in [6.45, 7) is 0. The summed E-state index contributed by atoms with van der Waals surface area (Å²) < 4.78 is 2.66. The summed E-state index contributed by atoms with van der Waals surface area (Å²) in [4.78, 5) is 2.41. The summed E-state index contributed by atoms with van der Waals surface area (Å²) in [7, 11) is 0. The van der Waals surface area contributed by atoms with Crippen LogP contribution < -0.4 is 4.90 Å². The van der Waals surface area contributed by atoms with E-state index in [0.717, 1.165) is 17.1 Å². The molecule has 0 fully saturated rings. The molecule has 1 aromatic heterocycles. The zero-order chi connectivity index (χ0) is 42.4. The van der Waals surface area contributed by atoms with Gasteiger partial charge in [0.15, 0.2) is 0 Å². The van der Waals surface area contributed by atoms with Crippen molar-refractivity contribution in [2.45, 2.75) is 0 Å². The van der Waals surface area contributed by atoms with E-state index in [1.807, 2.05) is 11.3 Å². The quantitative estimate of drug-likeness (QED) is 0.147. The summed E-state index contributed by atoms with van der Waals surface area (Å²) in [5.74, 6) is 0. The average molecular weight is 832 g/mol. The molecule has 12 aromatic rings. The lowest BCUT2D eigenvalue weighted by atomic mass is 9.95. The minimum absolute atomic E-state index is 1.09. The van der Waals surface area contributed by atoms with Gasteiger partial charge in [-0.05, 0) is 114 Å². The predicted molar refractivity (Wildman–Crippen MR) is 276 cm³/mol. The molecule has 0 bridgehead atoms. The van der Waals surface area contributed by atoms with Gasteiger partial charge in [-0.25, -0.2) is 0 Å². The number of nitrogens with zero attached hydrogens (tertiary/aromatic N) is 1. The molecule has 64 heavy (non-hydrogen) atoms. The van der Waals surface area contributed by atoms with E-state index in [2.05, 4.69) is 254 Å². The van der Waals surface area contributed by atoms with Crippen LogP contribution in [0.3, 0.4) is 0 Å². The molecule has 12 rings (SSSR count). The van der Waals surface area contributed by atoms with Crippen LogP contribution in [0, 0.1) is 0 Å². The van der Waals surface area contributed by atoms with Crippen molar-refractivity contribution in [2.75, 3.05) is 4.90 Å². The van der Waals surface area contributed by atoms with Gasteiger partial charge in [0, 0.05) is 37.1 Å². The zero-order valence-electron chi connectivity index (χ0n) is 35.0. The van der Waals surface area contributed by atoms with Crippen molar-refractivity contribution in [3.63, 3.8) is 0 Å². The van der Waals surface area contributed by atoms with Gasteiger partial charge in [0.2, 0.25) is 0 Å². The number of anilines is 3. The van der Waals surface area contributed by atoms with Gasteiger partial charge < -0.3 is 4.90 Å². The van der Waals surface area contributed by atoms with E-state index in [-0.39, 0.29) is 0 Å². The smallest absolute Gasteiger partial charge is 0.0540 e. The number of rotatable bonds is 8. The maximum atomic E-state index is 2.41.